The Bertz CT molecular complexity index is 956. The van der Waals surface area contributed by atoms with Gasteiger partial charge in [0.25, 0.3) is 8.32 Å². The van der Waals surface area contributed by atoms with E-state index in [1.165, 1.54) is 10.4 Å². The Balaban J connectivity index is 1.89. The van der Waals surface area contributed by atoms with Crippen LogP contribution in [0.1, 0.15) is 54.9 Å². The van der Waals surface area contributed by atoms with Gasteiger partial charge in [-0.25, -0.2) is 0 Å². The molecule has 0 saturated carbocycles. The second-order valence-corrected chi connectivity index (χ2v) is 21.2. The van der Waals surface area contributed by atoms with E-state index in [1.807, 2.05) is 0 Å². The van der Waals surface area contributed by atoms with E-state index in [4.69, 9.17) is 8.85 Å². The van der Waals surface area contributed by atoms with Crippen LogP contribution in [-0.2, 0) is 8.85 Å². The summed E-state index contributed by atoms with van der Waals surface area (Å²) in [7, 11) is -4.39. The molecular formula is C30H44O2Si2. The number of rotatable bonds is 7. The molecule has 0 radical (unpaired) electrons. The van der Waals surface area contributed by atoms with Gasteiger partial charge in [0.05, 0.1) is 5.76 Å². The first kappa shape index (κ1) is 26.7. The highest BCUT2D eigenvalue weighted by Gasteiger charge is 2.51. The maximum Gasteiger partial charge on any atom is 0.261 e. The largest absolute Gasteiger partial charge is 0.544 e. The van der Waals surface area contributed by atoms with E-state index in [1.54, 1.807) is 0 Å². The van der Waals surface area contributed by atoms with Crippen molar-refractivity contribution in [1.29, 1.82) is 0 Å². The summed E-state index contributed by atoms with van der Waals surface area (Å²) in [5.74, 6) is 1.36. The summed E-state index contributed by atoms with van der Waals surface area (Å²) in [6.07, 6.45) is 7.80. The van der Waals surface area contributed by atoms with Crippen LogP contribution in [0.15, 0.2) is 84.7 Å². The first-order valence-corrected chi connectivity index (χ1v) is 17.5. The number of benzene rings is 2. The highest BCUT2D eigenvalue weighted by Crippen LogP contribution is 2.40. The molecule has 2 aromatic carbocycles. The first-order valence-electron chi connectivity index (χ1n) is 12.6. The number of hydrogen-bond acceptors (Lipinski definition) is 2. The van der Waals surface area contributed by atoms with Crippen LogP contribution in [0, 0.1) is 5.92 Å². The predicted octanol–water partition coefficient (Wildman–Crippen LogP) is 7.43. The molecule has 0 unspecified atom stereocenters. The van der Waals surface area contributed by atoms with Gasteiger partial charge in [-0.05, 0) is 59.0 Å². The molecule has 0 spiro atoms. The van der Waals surface area contributed by atoms with Gasteiger partial charge in [-0.3, -0.25) is 0 Å². The fourth-order valence-electron chi connectivity index (χ4n) is 4.55. The van der Waals surface area contributed by atoms with E-state index in [-0.39, 0.29) is 16.2 Å². The summed E-state index contributed by atoms with van der Waals surface area (Å²) in [5.41, 5.74) is 0. The minimum atomic E-state index is -2.56. The first-order chi connectivity index (χ1) is 15.8. The summed E-state index contributed by atoms with van der Waals surface area (Å²) in [4.78, 5) is 0. The van der Waals surface area contributed by atoms with Gasteiger partial charge in [0.2, 0.25) is 8.32 Å². The Hall–Kier alpha value is -1.89. The molecule has 0 aliphatic heterocycles. The average molecular weight is 493 g/mol. The molecule has 2 aromatic rings. The van der Waals surface area contributed by atoms with Crippen LogP contribution in [-0.4, -0.2) is 22.7 Å². The van der Waals surface area contributed by atoms with E-state index in [0.717, 1.165) is 12.2 Å². The minimum absolute atomic E-state index is 0.0191. The zero-order chi connectivity index (χ0) is 25.2. The van der Waals surface area contributed by atoms with E-state index >= 15 is 0 Å². The molecule has 2 atom stereocenters. The zero-order valence-electron chi connectivity index (χ0n) is 22.7. The maximum atomic E-state index is 7.33. The quantitative estimate of drug-likeness (QED) is 0.374. The Morgan fingerprint density at radius 1 is 0.794 bits per heavy atom. The molecule has 1 aliphatic carbocycles. The topological polar surface area (TPSA) is 18.5 Å². The smallest absolute Gasteiger partial charge is 0.261 e. The van der Waals surface area contributed by atoms with Crippen molar-refractivity contribution in [3.63, 3.8) is 0 Å². The van der Waals surface area contributed by atoms with E-state index in [9.17, 15) is 0 Å². The summed E-state index contributed by atoms with van der Waals surface area (Å²) in [6, 6.07) is 21.8. The predicted molar refractivity (Wildman–Crippen MR) is 152 cm³/mol. The van der Waals surface area contributed by atoms with Crippen molar-refractivity contribution in [3.05, 3.63) is 84.7 Å². The lowest BCUT2D eigenvalue weighted by atomic mass is 9.95. The summed E-state index contributed by atoms with van der Waals surface area (Å²) < 4.78 is 13.9. The minimum Gasteiger partial charge on any atom is -0.544 e. The molecule has 0 fully saturated rings. The molecule has 0 bridgehead atoms. The fraction of sp³-hybridized carbons (Fsp3) is 0.467. The van der Waals surface area contributed by atoms with Gasteiger partial charge in [0.1, 0.15) is 0 Å². The monoisotopic (exact) mass is 492 g/mol. The second kappa shape index (κ2) is 10.0. The van der Waals surface area contributed by atoms with Crippen molar-refractivity contribution in [2.24, 2.45) is 5.92 Å². The Morgan fingerprint density at radius 2 is 1.29 bits per heavy atom. The van der Waals surface area contributed by atoms with Crippen LogP contribution in [0.3, 0.4) is 0 Å². The molecule has 0 N–H and O–H groups in total. The van der Waals surface area contributed by atoms with Gasteiger partial charge in [0, 0.05) is 12.0 Å². The standard InChI is InChI=1S/C30H44O2Si2/c1-24(25-20-22-26(23-21-25)32-33(8,9)29(2,3)4)31-34(30(5,6)7,27-16-12-10-13-17-27)28-18-14-11-15-19-28/h10-20,22-25H,21H2,1-9H3/t24-,25-/m1/s1. The van der Waals surface area contributed by atoms with Gasteiger partial charge in [0.15, 0.2) is 0 Å². The van der Waals surface area contributed by atoms with Crippen molar-refractivity contribution in [1.82, 2.24) is 0 Å². The molecular weight excluding hydrogens is 449 g/mol. The third kappa shape index (κ3) is 5.50. The number of hydrogen-bond donors (Lipinski definition) is 0. The lowest BCUT2D eigenvalue weighted by Gasteiger charge is -2.46. The number of allylic oxidation sites excluding steroid dienone is 2. The van der Waals surface area contributed by atoms with Crippen molar-refractivity contribution >= 4 is 27.0 Å². The van der Waals surface area contributed by atoms with Crippen LogP contribution in [0.2, 0.25) is 23.2 Å². The van der Waals surface area contributed by atoms with Crippen LogP contribution in [0.5, 0.6) is 0 Å². The van der Waals surface area contributed by atoms with Gasteiger partial charge in [-0.1, -0.05) is 108 Å². The van der Waals surface area contributed by atoms with Gasteiger partial charge < -0.3 is 8.85 Å². The molecule has 34 heavy (non-hydrogen) atoms. The summed E-state index contributed by atoms with van der Waals surface area (Å²) in [6.45, 7) is 20.8. The summed E-state index contributed by atoms with van der Waals surface area (Å²) in [5, 5.41) is 2.84. The summed E-state index contributed by atoms with van der Waals surface area (Å²) >= 11 is 0. The highest BCUT2D eigenvalue weighted by molar-refractivity contribution is 6.99. The van der Waals surface area contributed by atoms with Gasteiger partial charge in [-0.15, -0.1) is 0 Å². The van der Waals surface area contributed by atoms with Crippen LogP contribution >= 0.6 is 0 Å². The molecule has 1 aliphatic rings. The molecule has 4 heteroatoms. The van der Waals surface area contributed by atoms with Crippen LogP contribution < -0.4 is 10.4 Å². The molecule has 3 rings (SSSR count). The average Bonchev–Trinajstić information content (AvgIpc) is 2.77. The molecule has 0 saturated heterocycles. The van der Waals surface area contributed by atoms with E-state index in [0.29, 0.717) is 5.92 Å². The zero-order valence-corrected chi connectivity index (χ0v) is 24.7. The molecule has 0 heterocycles. The van der Waals surface area contributed by atoms with Gasteiger partial charge >= 0.3 is 0 Å². The Kier molecular flexibility index (Phi) is 7.86. The lowest BCUT2D eigenvalue weighted by molar-refractivity contribution is 0.161. The fourth-order valence-corrected chi connectivity index (χ4v) is 10.3. The van der Waals surface area contributed by atoms with Crippen molar-refractivity contribution in [3.8, 4) is 0 Å². The van der Waals surface area contributed by atoms with Crippen molar-refractivity contribution in [2.75, 3.05) is 0 Å². The third-order valence-electron chi connectivity index (χ3n) is 7.66. The Labute approximate surface area is 210 Å². The highest BCUT2D eigenvalue weighted by atomic mass is 28.4. The maximum absolute atomic E-state index is 7.33. The molecule has 0 aromatic heterocycles. The third-order valence-corrected chi connectivity index (χ3v) is 17.1. The van der Waals surface area contributed by atoms with Crippen LogP contribution in [0.25, 0.3) is 0 Å². The normalized spacial score (nSPS) is 18.4. The Morgan fingerprint density at radius 3 is 1.68 bits per heavy atom. The van der Waals surface area contributed by atoms with E-state index in [2.05, 4.69) is 140 Å². The van der Waals surface area contributed by atoms with Gasteiger partial charge in [-0.2, -0.15) is 0 Å². The van der Waals surface area contributed by atoms with Crippen molar-refractivity contribution < 1.29 is 8.85 Å². The van der Waals surface area contributed by atoms with Crippen molar-refractivity contribution in [2.45, 2.75) is 84.2 Å². The van der Waals surface area contributed by atoms with Crippen LogP contribution in [0.4, 0.5) is 0 Å². The second-order valence-electron chi connectivity index (χ2n) is 12.2. The van der Waals surface area contributed by atoms with E-state index < -0.39 is 16.6 Å². The molecule has 184 valence electrons. The molecule has 2 nitrogen and oxygen atoms in total. The SMILES string of the molecule is C[C@@H](O[Si](c1ccccc1)(c1ccccc1)C(C)(C)C)[C@@H]1C=CC(O[Si](C)(C)C(C)(C)C)=CC1. The molecule has 0 amide bonds. The lowest BCUT2D eigenvalue weighted by Crippen LogP contribution is -2.67.